The van der Waals surface area contributed by atoms with Crippen LogP contribution in [0.2, 0.25) is 5.02 Å². The zero-order chi connectivity index (χ0) is 22.8. The first-order valence-electron chi connectivity index (χ1n) is 9.97. The first-order valence-corrected chi connectivity index (χ1v) is 11.3. The average molecular weight is 466 g/mol. The van der Waals surface area contributed by atoms with Gasteiger partial charge in [-0.15, -0.1) is 0 Å². The van der Waals surface area contributed by atoms with Crippen LogP contribution in [0.25, 0.3) is 27.5 Å². The van der Waals surface area contributed by atoms with Crippen molar-refractivity contribution in [3.8, 4) is 6.07 Å². The van der Waals surface area contributed by atoms with Crippen LogP contribution in [-0.2, 0) is 6.54 Å². The Morgan fingerprint density at radius 1 is 1.25 bits per heavy atom. The lowest BCUT2D eigenvalue weighted by atomic mass is 10.2. The molecule has 0 aliphatic rings. The van der Waals surface area contributed by atoms with Crippen molar-refractivity contribution in [1.82, 2.24) is 19.5 Å². The molecule has 4 rings (SSSR count). The van der Waals surface area contributed by atoms with Crippen molar-refractivity contribution >= 4 is 50.9 Å². The number of para-hydroxylation sites is 2. The number of allylic oxidation sites excluding steroid dienone is 1. The number of halogens is 1. The fraction of sp³-hybridized carbons (Fsp3) is 0.217. The van der Waals surface area contributed by atoms with Gasteiger partial charge in [-0.2, -0.15) is 5.26 Å². The van der Waals surface area contributed by atoms with Gasteiger partial charge in [-0.05, 0) is 36.2 Å². The maximum absolute atomic E-state index is 13.1. The molecular formula is C23H20ClN5O2S. The molecule has 32 heavy (non-hydrogen) atoms. The normalized spacial score (nSPS) is 12.3. The number of nitrogens with one attached hydrogen (secondary N) is 1. The van der Waals surface area contributed by atoms with Crippen molar-refractivity contribution in [2.75, 3.05) is 5.75 Å². The molecule has 0 aliphatic carbocycles. The largest absolute Gasteiger partial charge is 0.510 e. The molecule has 0 atom stereocenters. The van der Waals surface area contributed by atoms with Crippen LogP contribution in [0, 0.1) is 17.2 Å². The van der Waals surface area contributed by atoms with E-state index in [1.54, 1.807) is 22.8 Å². The van der Waals surface area contributed by atoms with Crippen LogP contribution < -0.4 is 5.56 Å². The zero-order valence-electron chi connectivity index (χ0n) is 17.5. The lowest BCUT2D eigenvalue weighted by molar-refractivity contribution is 0.420. The second-order valence-corrected chi connectivity index (χ2v) is 9.07. The number of H-pyrrole nitrogens is 1. The predicted molar refractivity (Wildman–Crippen MR) is 128 cm³/mol. The summed E-state index contributed by atoms with van der Waals surface area (Å²) < 4.78 is 1.60. The number of aliphatic hydroxyl groups excluding tert-OH is 1. The maximum atomic E-state index is 13.1. The molecular weight excluding hydrogens is 446 g/mol. The van der Waals surface area contributed by atoms with Crippen molar-refractivity contribution in [1.29, 1.82) is 5.26 Å². The van der Waals surface area contributed by atoms with Gasteiger partial charge in [0.05, 0.1) is 27.7 Å². The molecule has 0 spiro atoms. The number of fused-ring (bicyclic) bond motifs is 2. The second kappa shape index (κ2) is 9.07. The standard InChI is InChI=1S/C23H20ClN5O2S/c1-13(2)11-29-22(31)15-8-7-14(24)9-19(15)28-23(29)32-12-20(30)16(10-25)21-26-17-5-3-4-6-18(17)27-21/h3-9,13,30H,11-12H2,1-2H3,(H,26,27). The molecule has 2 aromatic heterocycles. The SMILES string of the molecule is CC(C)Cn1c(SCC(O)=C(C#N)c2nc3ccccc3[nH]2)nc2cc(Cl)ccc2c1=O. The molecule has 9 heteroatoms. The smallest absolute Gasteiger partial charge is 0.262 e. The number of aromatic amines is 1. The Morgan fingerprint density at radius 3 is 2.75 bits per heavy atom. The van der Waals surface area contributed by atoms with Crippen LogP contribution in [-0.4, -0.2) is 30.4 Å². The van der Waals surface area contributed by atoms with Crippen molar-refractivity contribution < 1.29 is 5.11 Å². The van der Waals surface area contributed by atoms with Crippen molar-refractivity contribution in [2.24, 2.45) is 5.92 Å². The van der Waals surface area contributed by atoms with E-state index in [2.05, 4.69) is 15.0 Å². The van der Waals surface area contributed by atoms with Crippen LogP contribution in [0.5, 0.6) is 0 Å². The van der Waals surface area contributed by atoms with Gasteiger partial charge >= 0.3 is 0 Å². The van der Waals surface area contributed by atoms with Crippen LogP contribution in [0.1, 0.15) is 19.7 Å². The Labute approximate surface area is 193 Å². The van der Waals surface area contributed by atoms with Gasteiger partial charge in [0.1, 0.15) is 17.4 Å². The molecule has 0 aliphatic heterocycles. The quantitative estimate of drug-likeness (QED) is 0.176. The van der Waals surface area contributed by atoms with Gasteiger partial charge in [0.15, 0.2) is 11.0 Å². The Kier molecular flexibility index (Phi) is 6.21. The molecule has 2 aromatic carbocycles. The van der Waals surface area contributed by atoms with Crippen molar-refractivity contribution in [2.45, 2.75) is 25.5 Å². The number of hydrogen-bond donors (Lipinski definition) is 2. The van der Waals surface area contributed by atoms with E-state index in [-0.39, 0.29) is 28.6 Å². The third-order valence-corrected chi connectivity index (χ3v) is 6.02. The summed E-state index contributed by atoms with van der Waals surface area (Å²) in [6.45, 7) is 4.51. The molecule has 0 fully saturated rings. The van der Waals surface area contributed by atoms with Crippen LogP contribution in [0.3, 0.4) is 0 Å². The zero-order valence-corrected chi connectivity index (χ0v) is 19.0. The Morgan fingerprint density at radius 2 is 2.03 bits per heavy atom. The van der Waals surface area contributed by atoms with Crippen LogP contribution in [0.15, 0.2) is 58.2 Å². The predicted octanol–water partition coefficient (Wildman–Crippen LogP) is 5.17. The monoisotopic (exact) mass is 465 g/mol. The number of nitrogens with zero attached hydrogens (tertiary/aromatic N) is 4. The summed E-state index contributed by atoms with van der Waals surface area (Å²) in [5.41, 5.74) is 1.86. The lowest BCUT2D eigenvalue weighted by Crippen LogP contribution is -2.25. The first kappa shape index (κ1) is 21.9. The summed E-state index contributed by atoms with van der Waals surface area (Å²) >= 11 is 7.27. The van der Waals surface area contributed by atoms with Crippen molar-refractivity contribution in [3.05, 3.63) is 69.4 Å². The van der Waals surface area contributed by atoms with E-state index in [0.717, 1.165) is 5.52 Å². The van der Waals surface area contributed by atoms with Gasteiger partial charge < -0.3 is 10.1 Å². The van der Waals surface area contributed by atoms with Gasteiger partial charge in [0.25, 0.3) is 5.56 Å². The minimum absolute atomic E-state index is 0.0512. The van der Waals surface area contributed by atoms with E-state index >= 15 is 0 Å². The fourth-order valence-electron chi connectivity index (χ4n) is 3.34. The van der Waals surface area contributed by atoms with Crippen molar-refractivity contribution in [3.63, 3.8) is 0 Å². The molecule has 0 unspecified atom stereocenters. The Hall–Kier alpha value is -3.28. The highest BCUT2D eigenvalue weighted by Gasteiger charge is 2.17. The molecule has 0 bridgehead atoms. The first-order chi connectivity index (χ1) is 15.4. The molecule has 7 nitrogen and oxygen atoms in total. The summed E-state index contributed by atoms with van der Waals surface area (Å²) in [5.74, 6) is 0.418. The number of imidazole rings is 1. The number of aliphatic hydroxyl groups is 1. The third-order valence-electron chi connectivity index (χ3n) is 4.79. The van der Waals surface area contributed by atoms with E-state index in [4.69, 9.17) is 11.6 Å². The molecule has 2 N–H and O–H groups in total. The van der Waals surface area contributed by atoms with E-state index < -0.39 is 0 Å². The lowest BCUT2D eigenvalue weighted by Gasteiger charge is -2.15. The number of hydrogen-bond acceptors (Lipinski definition) is 6. The molecule has 162 valence electrons. The van der Waals surface area contributed by atoms with Crippen LogP contribution in [0.4, 0.5) is 0 Å². The van der Waals surface area contributed by atoms with Gasteiger partial charge in [0, 0.05) is 11.6 Å². The van der Waals surface area contributed by atoms with Gasteiger partial charge in [0.2, 0.25) is 0 Å². The maximum Gasteiger partial charge on any atom is 0.262 e. The molecule has 0 radical (unpaired) electrons. The summed E-state index contributed by atoms with van der Waals surface area (Å²) in [7, 11) is 0. The Balaban J connectivity index is 1.71. The molecule has 0 saturated heterocycles. The molecule has 2 heterocycles. The number of thioether (sulfide) groups is 1. The molecule has 0 saturated carbocycles. The number of nitriles is 1. The highest BCUT2D eigenvalue weighted by atomic mass is 35.5. The highest BCUT2D eigenvalue weighted by Crippen LogP contribution is 2.25. The van der Waals surface area contributed by atoms with E-state index in [1.165, 1.54) is 11.8 Å². The summed E-state index contributed by atoms with van der Waals surface area (Å²) in [4.78, 5) is 25.1. The average Bonchev–Trinajstić information content (AvgIpc) is 3.18. The van der Waals surface area contributed by atoms with Gasteiger partial charge in [-0.25, -0.2) is 9.97 Å². The number of rotatable bonds is 6. The minimum atomic E-state index is -0.163. The fourth-order valence-corrected chi connectivity index (χ4v) is 4.39. The van der Waals surface area contributed by atoms with Gasteiger partial charge in [-0.1, -0.05) is 49.3 Å². The highest BCUT2D eigenvalue weighted by molar-refractivity contribution is 7.99. The molecule has 4 aromatic rings. The van der Waals surface area contributed by atoms with Gasteiger partial charge in [-0.3, -0.25) is 9.36 Å². The third kappa shape index (κ3) is 4.35. The number of aromatic nitrogens is 4. The van der Waals surface area contributed by atoms with Crippen LogP contribution >= 0.6 is 23.4 Å². The topological polar surface area (TPSA) is 108 Å². The summed E-state index contributed by atoms with van der Waals surface area (Å²) in [5, 5.41) is 21.8. The van der Waals surface area contributed by atoms with E-state index in [0.29, 0.717) is 39.0 Å². The summed E-state index contributed by atoms with van der Waals surface area (Å²) in [6.07, 6.45) is 0. The summed E-state index contributed by atoms with van der Waals surface area (Å²) in [6, 6.07) is 14.4. The second-order valence-electron chi connectivity index (χ2n) is 7.69. The molecule has 0 amide bonds. The van der Waals surface area contributed by atoms with E-state index in [1.807, 2.05) is 44.2 Å². The number of benzene rings is 2. The minimum Gasteiger partial charge on any atom is -0.510 e. The van der Waals surface area contributed by atoms with E-state index in [9.17, 15) is 15.2 Å². The Bertz CT molecular complexity index is 1420.